The standard InChI is InChI=1S/C13H18ClFN2/c1-13(2)9-16-6-7-17(13)8-10-4-3-5-11(15)12(10)14/h3-5,16H,6-9H2,1-2H3. The molecule has 17 heavy (non-hydrogen) atoms. The van der Waals surface area contributed by atoms with E-state index in [1.807, 2.05) is 6.07 Å². The van der Waals surface area contributed by atoms with Gasteiger partial charge in [0.05, 0.1) is 5.02 Å². The van der Waals surface area contributed by atoms with Gasteiger partial charge in [-0.25, -0.2) is 4.39 Å². The molecule has 1 aromatic rings. The van der Waals surface area contributed by atoms with Gasteiger partial charge in [0.15, 0.2) is 0 Å². The highest BCUT2D eigenvalue weighted by Gasteiger charge is 2.29. The highest BCUT2D eigenvalue weighted by Crippen LogP contribution is 2.25. The van der Waals surface area contributed by atoms with Crippen LogP contribution < -0.4 is 5.32 Å². The van der Waals surface area contributed by atoms with E-state index >= 15 is 0 Å². The van der Waals surface area contributed by atoms with Crippen LogP contribution in [0.4, 0.5) is 4.39 Å². The van der Waals surface area contributed by atoms with Crippen LogP contribution in [0.25, 0.3) is 0 Å². The third-order valence-electron chi connectivity index (χ3n) is 3.36. The molecule has 1 N–H and O–H groups in total. The summed E-state index contributed by atoms with van der Waals surface area (Å²) in [5.41, 5.74) is 0.940. The largest absolute Gasteiger partial charge is 0.314 e. The number of piperazine rings is 1. The summed E-state index contributed by atoms with van der Waals surface area (Å²) < 4.78 is 13.4. The number of benzene rings is 1. The third-order valence-corrected chi connectivity index (χ3v) is 3.79. The maximum Gasteiger partial charge on any atom is 0.142 e. The normalized spacial score (nSPS) is 20.5. The van der Waals surface area contributed by atoms with Gasteiger partial charge in [0, 0.05) is 31.7 Å². The molecule has 1 fully saturated rings. The van der Waals surface area contributed by atoms with Gasteiger partial charge in [-0.1, -0.05) is 23.7 Å². The maximum atomic E-state index is 13.4. The van der Waals surface area contributed by atoms with Gasteiger partial charge in [0.25, 0.3) is 0 Å². The lowest BCUT2D eigenvalue weighted by atomic mass is 9.99. The minimum Gasteiger partial charge on any atom is -0.314 e. The molecule has 2 rings (SSSR count). The van der Waals surface area contributed by atoms with Crippen molar-refractivity contribution in [1.29, 1.82) is 0 Å². The third kappa shape index (κ3) is 2.79. The molecule has 1 aliphatic rings. The summed E-state index contributed by atoms with van der Waals surface area (Å²) in [5.74, 6) is -0.336. The van der Waals surface area contributed by atoms with Gasteiger partial charge >= 0.3 is 0 Å². The Balaban J connectivity index is 2.17. The molecule has 0 radical (unpaired) electrons. The summed E-state index contributed by atoms with van der Waals surface area (Å²) in [4.78, 5) is 2.34. The molecule has 0 bridgehead atoms. The summed E-state index contributed by atoms with van der Waals surface area (Å²) in [6, 6.07) is 5.00. The van der Waals surface area contributed by atoms with Gasteiger partial charge in [-0.05, 0) is 25.5 Å². The monoisotopic (exact) mass is 256 g/mol. The van der Waals surface area contributed by atoms with Crippen molar-refractivity contribution in [3.05, 3.63) is 34.6 Å². The Morgan fingerprint density at radius 1 is 1.47 bits per heavy atom. The molecule has 1 aliphatic heterocycles. The molecular weight excluding hydrogens is 239 g/mol. The molecule has 1 saturated heterocycles. The van der Waals surface area contributed by atoms with Gasteiger partial charge in [-0.3, -0.25) is 4.90 Å². The first-order chi connectivity index (χ1) is 8.00. The van der Waals surface area contributed by atoms with Crippen molar-refractivity contribution in [3.63, 3.8) is 0 Å². The Kier molecular flexibility index (Phi) is 3.71. The Morgan fingerprint density at radius 2 is 2.24 bits per heavy atom. The number of nitrogens with zero attached hydrogens (tertiary/aromatic N) is 1. The SMILES string of the molecule is CC1(C)CNCCN1Cc1cccc(F)c1Cl. The van der Waals surface area contributed by atoms with Crippen molar-refractivity contribution < 1.29 is 4.39 Å². The lowest BCUT2D eigenvalue weighted by Gasteiger charge is -2.43. The molecule has 0 unspecified atom stereocenters. The van der Waals surface area contributed by atoms with E-state index in [2.05, 4.69) is 24.1 Å². The van der Waals surface area contributed by atoms with Crippen molar-refractivity contribution in [2.24, 2.45) is 0 Å². The van der Waals surface area contributed by atoms with Crippen LogP contribution >= 0.6 is 11.6 Å². The van der Waals surface area contributed by atoms with E-state index in [0.717, 1.165) is 25.2 Å². The zero-order valence-electron chi connectivity index (χ0n) is 10.3. The second kappa shape index (κ2) is 4.92. The van der Waals surface area contributed by atoms with Crippen LogP contribution in [0, 0.1) is 5.82 Å². The van der Waals surface area contributed by atoms with Crippen molar-refractivity contribution in [3.8, 4) is 0 Å². The smallest absolute Gasteiger partial charge is 0.142 e. The topological polar surface area (TPSA) is 15.3 Å². The van der Waals surface area contributed by atoms with Gasteiger partial charge in [0.1, 0.15) is 5.82 Å². The summed E-state index contributed by atoms with van der Waals surface area (Å²) in [5, 5.41) is 3.62. The highest BCUT2D eigenvalue weighted by molar-refractivity contribution is 6.31. The van der Waals surface area contributed by atoms with Crippen LogP contribution in [0.15, 0.2) is 18.2 Å². The van der Waals surface area contributed by atoms with Gasteiger partial charge in [-0.2, -0.15) is 0 Å². The van der Waals surface area contributed by atoms with E-state index in [1.54, 1.807) is 6.07 Å². The number of rotatable bonds is 2. The number of hydrogen-bond donors (Lipinski definition) is 1. The molecule has 0 spiro atoms. The lowest BCUT2D eigenvalue weighted by Crippen LogP contribution is -2.57. The Morgan fingerprint density at radius 3 is 2.94 bits per heavy atom. The van der Waals surface area contributed by atoms with Crippen LogP contribution in [0.5, 0.6) is 0 Å². The van der Waals surface area contributed by atoms with Crippen LogP contribution in [0.3, 0.4) is 0 Å². The van der Waals surface area contributed by atoms with E-state index in [4.69, 9.17) is 11.6 Å². The lowest BCUT2D eigenvalue weighted by molar-refractivity contribution is 0.0827. The quantitative estimate of drug-likeness (QED) is 0.875. The molecule has 0 aromatic heterocycles. The average Bonchev–Trinajstić information content (AvgIpc) is 2.27. The van der Waals surface area contributed by atoms with Gasteiger partial charge in [-0.15, -0.1) is 0 Å². The summed E-state index contributed by atoms with van der Waals surface area (Å²) in [7, 11) is 0. The summed E-state index contributed by atoms with van der Waals surface area (Å²) >= 11 is 5.99. The number of nitrogens with one attached hydrogen (secondary N) is 1. The van der Waals surface area contributed by atoms with Crippen LogP contribution in [0.1, 0.15) is 19.4 Å². The Bertz CT molecular complexity index is 406. The predicted molar refractivity (Wildman–Crippen MR) is 68.8 cm³/mol. The molecule has 2 nitrogen and oxygen atoms in total. The van der Waals surface area contributed by atoms with Crippen molar-refractivity contribution in [2.75, 3.05) is 19.6 Å². The molecule has 0 saturated carbocycles. The van der Waals surface area contributed by atoms with E-state index in [-0.39, 0.29) is 16.4 Å². The summed E-state index contributed by atoms with van der Waals surface area (Å²) in [6.07, 6.45) is 0. The molecule has 4 heteroatoms. The zero-order valence-corrected chi connectivity index (χ0v) is 11.0. The minimum atomic E-state index is -0.336. The van der Waals surface area contributed by atoms with E-state index in [0.29, 0.717) is 6.54 Å². The van der Waals surface area contributed by atoms with E-state index in [1.165, 1.54) is 6.07 Å². The van der Waals surface area contributed by atoms with Crippen molar-refractivity contribution in [2.45, 2.75) is 25.9 Å². The first kappa shape index (κ1) is 12.8. The van der Waals surface area contributed by atoms with Crippen molar-refractivity contribution in [1.82, 2.24) is 10.2 Å². The van der Waals surface area contributed by atoms with E-state index in [9.17, 15) is 4.39 Å². The van der Waals surface area contributed by atoms with E-state index < -0.39 is 0 Å². The molecule has 94 valence electrons. The first-order valence-corrected chi connectivity index (χ1v) is 6.27. The highest BCUT2D eigenvalue weighted by atomic mass is 35.5. The molecule has 0 aliphatic carbocycles. The predicted octanol–water partition coefficient (Wildman–Crippen LogP) is 2.66. The maximum absolute atomic E-state index is 13.4. The molecule has 1 heterocycles. The van der Waals surface area contributed by atoms with Crippen molar-refractivity contribution >= 4 is 11.6 Å². The fraction of sp³-hybridized carbons (Fsp3) is 0.538. The number of halogens is 2. The molecular formula is C13H18ClFN2. The second-order valence-electron chi connectivity index (χ2n) is 5.12. The molecule has 0 amide bonds. The Labute approximate surface area is 107 Å². The minimum absolute atomic E-state index is 0.0773. The van der Waals surface area contributed by atoms with Crippen LogP contribution in [-0.4, -0.2) is 30.1 Å². The fourth-order valence-electron chi connectivity index (χ4n) is 2.19. The van der Waals surface area contributed by atoms with Crippen LogP contribution in [-0.2, 0) is 6.54 Å². The number of hydrogen-bond acceptors (Lipinski definition) is 2. The first-order valence-electron chi connectivity index (χ1n) is 5.89. The Hall–Kier alpha value is -0.640. The zero-order chi connectivity index (χ0) is 12.5. The van der Waals surface area contributed by atoms with Crippen LogP contribution in [0.2, 0.25) is 5.02 Å². The van der Waals surface area contributed by atoms with Gasteiger partial charge in [0.2, 0.25) is 0 Å². The fourth-order valence-corrected chi connectivity index (χ4v) is 2.38. The van der Waals surface area contributed by atoms with Gasteiger partial charge < -0.3 is 5.32 Å². The second-order valence-corrected chi connectivity index (χ2v) is 5.50. The summed E-state index contributed by atoms with van der Waals surface area (Å²) in [6.45, 7) is 7.94. The average molecular weight is 257 g/mol. The molecule has 0 atom stereocenters. The molecule has 1 aromatic carbocycles.